The summed E-state index contributed by atoms with van der Waals surface area (Å²) in [6.07, 6.45) is 1.22. The molecule has 1 N–H and O–H groups in total. The van der Waals surface area contributed by atoms with Crippen LogP contribution in [0.5, 0.6) is 11.6 Å². The largest absolute Gasteiger partial charge is 0.497 e. The lowest BCUT2D eigenvalue weighted by molar-refractivity contribution is 0.410. The first-order chi connectivity index (χ1) is 15.4. The minimum Gasteiger partial charge on any atom is -0.497 e. The molecular formula is C22H19N5O5. The van der Waals surface area contributed by atoms with Gasteiger partial charge in [0.05, 0.1) is 12.8 Å². The molecule has 10 heteroatoms. The lowest BCUT2D eigenvalue weighted by Gasteiger charge is -2.07. The van der Waals surface area contributed by atoms with Crippen molar-refractivity contribution in [3.8, 4) is 34.5 Å². The third-order valence-corrected chi connectivity index (χ3v) is 4.88. The van der Waals surface area contributed by atoms with Crippen LogP contribution in [0.1, 0.15) is 5.56 Å². The normalized spacial score (nSPS) is 11.2. The Morgan fingerprint density at radius 1 is 1.06 bits per heavy atom. The summed E-state index contributed by atoms with van der Waals surface area (Å²) in [5, 5.41) is 14.2. The molecule has 0 aliphatic rings. The fourth-order valence-electron chi connectivity index (χ4n) is 3.03. The van der Waals surface area contributed by atoms with E-state index >= 15 is 0 Å². The number of aromatic nitrogens is 4. The predicted molar refractivity (Wildman–Crippen MR) is 118 cm³/mol. The fraction of sp³-hybridized carbons (Fsp3) is 0.136. The van der Waals surface area contributed by atoms with Gasteiger partial charge in [-0.25, -0.2) is 4.79 Å². The highest BCUT2D eigenvalue weighted by atomic mass is 16.5. The number of benzene rings is 2. The second kappa shape index (κ2) is 8.34. The van der Waals surface area contributed by atoms with E-state index in [1.807, 2.05) is 12.1 Å². The van der Waals surface area contributed by atoms with Crippen LogP contribution in [0.2, 0.25) is 0 Å². The minimum absolute atomic E-state index is 0.0976. The second-order valence-corrected chi connectivity index (χ2v) is 6.90. The Morgan fingerprint density at radius 3 is 2.53 bits per heavy atom. The zero-order valence-corrected chi connectivity index (χ0v) is 17.5. The molecule has 0 saturated heterocycles. The summed E-state index contributed by atoms with van der Waals surface area (Å²) in [5.74, 6) is 0.991. The predicted octanol–water partition coefficient (Wildman–Crippen LogP) is 2.27. The highest BCUT2D eigenvalue weighted by Gasteiger charge is 2.14. The number of aromatic hydroxyl groups is 1. The van der Waals surface area contributed by atoms with Crippen LogP contribution in [0, 0.1) is 0 Å². The molecule has 32 heavy (non-hydrogen) atoms. The molecule has 0 radical (unpaired) electrons. The molecule has 0 aliphatic heterocycles. The number of nitrogens with zero attached hydrogens (tertiary/aromatic N) is 5. The monoisotopic (exact) mass is 433 g/mol. The summed E-state index contributed by atoms with van der Waals surface area (Å²) in [7, 11) is 4.29. The van der Waals surface area contributed by atoms with E-state index in [0.29, 0.717) is 23.0 Å². The summed E-state index contributed by atoms with van der Waals surface area (Å²) in [6, 6.07) is 14.2. The lowest BCUT2D eigenvalue weighted by atomic mass is 10.2. The molecule has 4 rings (SSSR count). The zero-order chi connectivity index (χ0) is 22.8. The van der Waals surface area contributed by atoms with Gasteiger partial charge in [-0.3, -0.25) is 18.9 Å². The van der Waals surface area contributed by atoms with Gasteiger partial charge in [-0.1, -0.05) is 11.2 Å². The Morgan fingerprint density at radius 2 is 1.81 bits per heavy atom. The topological polar surface area (TPSA) is 125 Å². The molecule has 0 aliphatic carbocycles. The number of aliphatic imine (C=N–C) groups is 1. The van der Waals surface area contributed by atoms with Crippen LogP contribution >= 0.6 is 0 Å². The maximum atomic E-state index is 12.3. The molecule has 0 fully saturated rings. The smallest absolute Gasteiger partial charge is 0.333 e. The summed E-state index contributed by atoms with van der Waals surface area (Å²) in [4.78, 5) is 32.9. The molecular weight excluding hydrogens is 414 g/mol. The Labute approximate surface area is 181 Å². The maximum Gasteiger partial charge on any atom is 0.333 e. The van der Waals surface area contributed by atoms with Crippen molar-refractivity contribution in [3.05, 3.63) is 74.9 Å². The first-order valence-electron chi connectivity index (χ1n) is 9.50. The Balaban J connectivity index is 1.64. The van der Waals surface area contributed by atoms with Gasteiger partial charge in [-0.05, 0) is 42.5 Å². The van der Waals surface area contributed by atoms with Gasteiger partial charge in [0.15, 0.2) is 0 Å². The van der Waals surface area contributed by atoms with Gasteiger partial charge in [-0.2, -0.15) is 4.98 Å². The standard InChI is InChI=1S/C22H19N5O5/c1-26-20(28)17(21(29)27(2)22(26)30)12-23-15-6-4-5-14(11-15)19-24-18(25-32-19)13-7-9-16(31-3)10-8-13/h4-12,28H,1-3H3. The van der Waals surface area contributed by atoms with Crippen molar-refractivity contribution in [2.45, 2.75) is 0 Å². The van der Waals surface area contributed by atoms with Gasteiger partial charge in [0, 0.05) is 31.4 Å². The van der Waals surface area contributed by atoms with E-state index in [-0.39, 0.29) is 5.56 Å². The van der Waals surface area contributed by atoms with Crippen molar-refractivity contribution >= 4 is 11.9 Å². The summed E-state index contributed by atoms with van der Waals surface area (Å²) < 4.78 is 12.4. The van der Waals surface area contributed by atoms with Crippen molar-refractivity contribution in [1.29, 1.82) is 0 Å². The highest BCUT2D eigenvalue weighted by Crippen LogP contribution is 2.26. The van der Waals surface area contributed by atoms with Crippen molar-refractivity contribution in [1.82, 2.24) is 19.3 Å². The van der Waals surface area contributed by atoms with Crippen LogP contribution < -0.4 is 16.0 Å². The number of hydrogen-bond acceptors (Lipinski definition) is 8. The van der Waals surface area contributed by atoms with E-state index in [4.69, 9.17) is 9.26 Å². The van der Waals surface area contributed by atoms with Gasteiger partial charge in [0.1, 0.15) is 11.3 Å². The van der Waals surface area contributed by atoms with Gasteiger partial charge in [0.2, 0.25) is 11.7 Å². The molecule has 0 spiro atoms. The van der Waals surface area contributed by atoms with E-state index in [2.05, 4.69) is 15.1 Å². The Kier molecular flexibility index (Phi) is 5.42. The van der Waals surface area contributed by atoms with Crippen LogP contribution in [0.15, 0.2) is 67.6 Å². The molecule has 0 unspecified atom stereocenters. The van der Waals surface area contributed by atoms with Crippen molar-refractivity contribution in [2.75, 3.05) is 7.11 Å². The Bertz CT molecular complexity index is 1430. The molecule has 2 aromatic heterocycles. The molecule has 4 aromatic rings. The second-order valence-electron chi connectivity index (χ2n) is 6.90. The van der Waals surface area contributed by atoms with Crippen LogP contribution in [-0.2, 0) is 14.1 Å². The lowest BCUT2D eigenvalue weighted by Crippen LogP contribution is -2.38. The minimum atomic E-state index is -0.647. The molecule has 162 valence electrons. The molecule has 0 bridgehead atoms. The summed E-state index contributed by atoms with van der Waals surface area (Å²) in [6.45, 7) is 0. The number of methoxy groups -OCH3 is 1. The first kappa shape index (κ1) is 20.8. The van der Waals surface area contributed by atoms with E-state index in [0.717, 1.165) is 20.4 Å². The summed E-state index contributed by atoms with van der Waals surface area (Å²) in [5.41, 5.74) is 0.518. The zero-order valence-electron chi connectivity index (χ0n) is 17.5. The van der Waals surface area contributed by atoms with Crippen LogP contribution in [0.3, 0.4) is 0 Å². The highest BCUT2D eigenvalue weighted by molar-refractivity contribution is 5.84. The number of ether oxygens (including phenoxy) is 1. The number of hydrogen-bond donors (Lipinski definition) is 1. The van der Waals surface area contributed by atoms with E-state index in [1.54, 1.807) is 43.5 Å². The molecule has 2 aromatic carbocycles. The molecule has 0 amide bonds. The average Bonchev–Trinajstić information content (AvgIpc) is 3.32. The third-order valence-electron chi connectivity index (χ3n) is 4.88. The van der Waals surface area contributed by atoms with Crippen molar-refractivity contribution < 1.29 is 14.4 Å². The van der Waals surface area contributed by atoms with E-state index in [1.165, 1.54) is 20.3 Å². The van der Waals surface area contributed by atoms with Crippen LogP contribution in [0.25, 0.3) is 22.8 Å². The van der Waals surface area contributed by atoms with Gasteiger partial charge < -0.3 is 14.4 Å². The van der Waals surface area contributed by atoms with E-state index in [9.17, 15) is 14.7 Å². The van der Waals surface area contributed by atoms with Gasteiger partial charge in [-0.15, -0.1) is 0 Å². The molecule has 2 heterocycles. The van der Waals surface area contributed by atoms with Crippen molar-refractivity contribution in [3.63, 3.8) is 0 Å². The quantitative estimate of drug-likeness (QED) is 0.479. The summed E-state index contributed by atoms with van der Waals surface area (Å²) >= 11 is 0. The molecule has 10 nitrogen and oxygen atoms in total. The average molecular weight is 433 g/mol. The number of rotatable bonds is 5. The van der Waals surface area contributed by atoms with Gasteiger partial charge in [0.25, 0.3) is 11.4 Å². The van der Waals surface area contributed by atoms with Crippen LogP contribution in [-0.4, -0.2) is 37.7 Å². The fourth-order valence-corrected chi connectivity index (χ4v) is 3.03. The first-order valence-corrected chi connectivity index (χ1v) is 9.50. The van der Waals surface area contributed by atoms with Crippen molar-refractivity contribution in [2.24, 2.45) is 19.1 Å². The maximum absolute atomic E-state index is 12.3. The molecule has 0 atom stereocenters. The Hall–Kier alpha value is -4.47. The third kappa shape index (κ3) is 3.81. The van der Waals surface area contributed by atoms with E-state index < -0.39 is 17.1 Å². The molecule has 0 saturated carbocycles. The SMILES string of the molecule is COc1ccc(-c2noc(-c3cccc(N=Cc4c(O)n(C)c(=O)n(C)c4=O)c3)n2)cc1. The van der Waals surface area contributed by atoms with Crippen LogP contribution in [0.4, 0.5) is 5.69 Å². The van der Waals surface area contributed by atoms with Gasteiger partial charge >= 0.3 is 5.69 Å².